The average Bonchev–Trinajstić information content (AvgIpc) is 3.41. The lowest BCUT2D eigenvalue weighted by Crippen LogP contribution is -2.47. The predicted octanol–water partition coefficient (Wildman–Crippen LogP) is 4.28. The molecular weight excluding hydrogens is 551 g/mol. The van der Waals surface area contributed by atoms with Gasteiger partial charge in [0, 0.05) is 6.42 Å². The molecule has 1 aliphatic heterocycles. The summed E-state index contributed by atoms with van der Waals surface area (Å²) in [5.74, 6) is -1.05. The largest absolute Gasteiger partial charge is 0.513 e. The molecule has 11 nitrogen and oxygen atoms in total. The maximum Gasteiger partial charge on any atom is 0.513 e. The van der Waals surface area contributed by atoms with E-state index in [0.717, 1.165) is 10.1 Å². The van der Waals surface area contributed by atoms with E-state index in [2.05, 4.69) is 0 Å². The van der Waals surface area contributed by atoms with Crippen molar-refractivity contribution in [1.82, 2.24) is 9.13 Å². The zero-order valence-corrected chi connectivity index (χ0v) is 22.0. The molecule has 3 atom stereocenters. The molecule has 1 aromatic heterocycles. The van der Waals surface area contributed by atoms with Gasteiger partial charge in [0.25, 0.3) is 0 Å². The number of halogens is 1. The van der Waals surface area contributed by atoms with Crippen LogP contribution in [-0.2, 0) is 20.8 Å². The van der Waals surface area contributed by atoms with Gasteiger partial charge in [-0.05, 0) is 29.8 Å². The number of aromatic nitrogens is 2. The number of ether oxygens (including phenoxy) is 5. The molecule has 42 heavy (non-hydrogen) atoms. The van der Waals surface area contributed by atoms with Crippen LogP contribution in [0.5, 0.6) is 11.5 Å². The zero-order chi connectivity index (χ0) is 29.5. The third-order valence-electron chi connectivity index (χ3n) is 6.31. The second kappa shape index (κ2) is 13.1. The van der Waals surface area contributed by atoms with E-state index in [1.165, 1.54) is 12.1 Å². The first-order valence-electron chi connectivity index (χ1n) is 12.9. The summed E-state index contributed by atoms with van der Waals surface area (Å²) >= 11 is 0. The van der Waals surface area contributed by atoms with Crippen molar-refractivity contribution in [2.75, 3.05) is 6.61 Å². The van der Waals surface area contributed by atoms with Crippen LogP contribution in [0.1, 0.15) is 18.2 Å². The van der Waals surface area contributed by atoms with Crippen molar-refractivity contribution in [3.8, 4) is 11.5 Å². The van der Waals surface area contributed by atoms with E-state index < -0.39 is 47.8 Å². The van der Waals surface area contributed by atoms with E-state index in [9.17, 15) is 23.6 Å². The quantitative estimate of drug-likeness (QED) is 0.223. The van der Waals surface area contributed by atoms with Crippen LogP contribution in [0.15, 0.2) is 107 Å². The lowest BCUT2D eigenvalue weighted by atomic mass is 10.1. The first-order chi connectivity index (χ1) is 20.4. The molecule has 216 valence electrons. The zero-order valence-electron chi connectivity index (χ0n) is 22.0. The van der Waals surface area contributed by atoms with Gasteiger partial charge in [0.1, 0.15) is 30.4 Å². The number of hydrogen-bond acceptors (Lipinski definition) is 9. The molecule has 0 saturated carbocycles. The standard InChI is InChI=1S/C30H25FN2O9/c31-23-17-32(28(35)33(27(23)34)29(36)40-21-12-6-2-7-13-21)26-16-24(38-18-20-10-4-1-5-11-20)25(42-26)19-39-30(37)41-22-14-8-3-9-15-22/h1-15,17,24-26H,16,18-19H2/t24-,25+,26+/m0/s1. The Kier molecular flexibility index (Phi) is 8.85. The number of carbonyl (C=O) groups excluding carboxylic acids is 2. The molecule has 1 saturated heterocycles. The molecular formula is C30H25FN2O9. The first-order valence-corrected chi connectivity index (χ1v) is 12.9. The molecule has 0 radical (unpaired) electrons. The number of nitrogens with zero attached hydrogens (tertiary/aromatic N) is 2. The van der Waals surface area contributed by atoms with Crippen LogP contribution in [0.4, 0.5) is 14.0 Å². The Morgan fingerprint density at radius 1 is 0.857 bits per heavy atom. The topological polar surface area (TPSA) is 124 Å². The minimum atomic E-state index is -1.48. The molecule has 12 heteroatoms. The molecule has 0 N–H and O–H groups in total. The van der Waals surface area contributed by atoms with Crippen LogP contribution < -0.4 is 20.7 Å². The lowest BCUT2D eigenvalue weighted by molar-refractivity contribution is -0.0719. The van der Waals surface area contributed by atoms with Gasteiger partial charge in [-0.1, -0.05) is 66.7 Å². The molecule has 4 aromatic rings. The fraction of sp³-hybridized carbons (Fsp3) is 0.200. The Morgan fingerprint density at radius 2 is 1.45 bits per heavy atom. The van der Waals surface area contributed by atoms with E-state index in [1.807, 2.05) is 30.3 Å². The molecule has 0 amide bonds. The molecule has 0 aliphatic carbocycles. The van der Waals surface area contributed by atoms with Crippen molar-refractivity contribution in [3.05, 3.63) is 129 Å². The van der Waals surface area contributed by atoms with Crippen molar-refractivity contribution in [2.24, 2.45) is 0 Å². The Labute approximate surface area is 238 Å². The highest BCUT2D eigenvalue weighted by Crippen LogP contribution is 2.31. The maximum absolute atomic E-state index is 14.7. The van der Waals surface area contributed by atoms with Crippen molar-refractivity contribution in [1.29, 1.82) is 0 Å². The van der Waals surface area contributed by atoms with Gasteiger partial charge in [-0.2, -0.15) is 8.96 Å². The maximum atomic E-state index is 14.7. The summed E-state index contributed by atoms with van der Waals surface area (Å²) in [7, 11) is 0. The summed E-state index contributed by atoms with van der Waals surface area (Å²) < 4.78 is 43.0. The second-order valence-electron chi connectivity index (χ2n) is 9.16. The average molecular weight is 577 g/mol. The third kappa shape index (κ3) is 6.79. The van der Waals surface area contributed by atoms with Crippen molar-refractivity contribution in [2.45, 2.75) is 31.5 Å². The van der Waals surface area contributed by atoms with Gasteiger partial charge < -0.3 is 23.7 Å². The predicted molar refractivity (Wildman–Crippen MR) is 145 cm³/mol. The van der Waals surface area contributed by atoms with Crippen LogP contribution in [-0.4, -0.2) is 40.2 Å². The van der Waals surface area contributed by atoms with E-state index in [0.29, 0.717) is 6.20 Å². The number of carbonyl (C=O) groups is 2. The van der Waals surface area contributed by atoms with Crippen molar-refractivity contribution in [3.63, 3.8) is 0 Å². The molecule has 0 unspecified atom stereocenters. The Balaban J connectivity index is 1.36. The van der Waals surface area contributed by atoms with Crippen LogP contribution in [0.3, 0.4) is 0 Å². The third-order valence-corrected chi connectivity index (χ3v) is 6.31. The highest BCUT2D eigenvalue weighted by Gasteiger charge is 2.39. The van der Waals surface area contributed by atoms with Gasteiger partial charge in [-0.15, -0.1) is 0 Å². The van der Waals surface area contributed by atoms with Gasteiger partial charge in [0.15, 0.2) is 0 Å². The Hall–Kier alpha value is -5.07. The summed E-state index contributed by atoms with van der Waals surface area (Å²) in [6.07, 6.45) is -4.54. The second-order valence-corrected chi connectivity index (χ2v) is 9.16. The minimum absolute atomic E-state index is 0.000123. The van der Waals surface area contributed by atoms with Crippen LogP contribution in [0, 0.1) is 5.82 Å². The summed E-state index contributed by atoms with van der Waals surface area (Å²) in [5, 5.41) is 0. The fourth-order valence-electron chi connectivity index (χ4n) is 4.28. The van der Waals surface area contributed by atoms with Gasteiger partial charge in [-0.25, -0.2) is 14.4 Å². The number of para-hydroxylation sites is 2. The molecule has 0 spiro atoms. The van der Waals surface area contributed by atoms with Gasteiger partial charge in [0.05, 0.1) is 18.9 Å². The number of rotatable bonds is 8. The van der Waals surface area contributed by atoms with E-state index in [1.54, 1.807) is 48.5 Å². The highest BCUT2D eigenvalue weighted by atomic mass is 19.1. The van der Waals surface area contributed by atoms with Gasteiger partial charge >= 0.3 is 23.5 Å². The Bertz CT molecular complexity index is 1640. The smallest absolute Gasteiger partial charge is 0.431 e. The fourth-order valence-corrected chi connectivity index (χ4v) is 4.28. The lowest BCUT2D eigenvalue weighted by Gasteiger charge is -2.19. The molecule has 1 aliphatic rings. The van der Waals surface area contributed by atoms with Crippen molar-refractivity contribution < 1.29 is 37.7 Å². The molecule has 5 rings (SSSR count). The SMILES string of the molecule is O=C(OC[C@H]1O[C@@H](n2cc(F)c(=O)n(C(=O)Oc3ccccc3)c2=O)C[C@@H]1OCc1ccccc1)Oc1ccccc1. The normalized spacial score (nSPS) is 17.9. The summed E-state index contributed by atoms with van der Waals surface area (Å²) in [6.45, 7) is -0.159. The molecule has 1 fully saturated rings. The monoisotopic (exact) mass is 576 g/mol. The van der Waals surface area contributed by atoms with Gasteiger partial charge in [-0.3, -0.25) is 9.36 Å². The summed E-state index contributed by atoms with van der Waals surface area (Å²) in [4.78, 5) is 50.7. The highest BCUT2D eigenvalue weighted by molar-refractivity contribution is 5.72. The Morgan fingerprint density at radius 3 is 2.10 bits per heavy atom. The van der Waals surface area contributed by atoms with Gasteiger partial charge in [0.2, 0.25) is 5.82 Å². The summed E-state index contributed by atoms with van der Waals surface area (Å²) in [6, 6.07) is 25.2. The minimum Gasteiger partial charge on any atom is -0.431 e. The summed E-state index contributed by atoms with van der Waals surface area (Å²) in [5.41, 5.74) is -1.81. The van der Waals surface area contributed by atoms with Crippen LogP contribution >= 0.6 is 0 Å². The van der Waals surface area contributed by atoms with Crippen LogP contribution in [0.25, 0.3) is 0 Å². The van der Waals surface area contributed by atoms with Crippen molar-refractivity contribution >= 4 is 12.2 Å². The van der Waals surface area contributed by atoms with E-state index >= 15 is 0 Å². The van der Waals surface area contributed by atoms with Crippen LogP contribution in [0.2, 0.25) is 0 Å². The number of hydrogen-bond donors (Lipinski definition) is 0. The molecule has 0 bridgehead atoms. The molecule has 3 aromatic carbocycles. The first kappa shape index (κ1) is 28.5. The van der Waals surface area contributed by atoms with E-state index in [4.69, 9.17) is 23.7 Å². The van der Waals surface area contributed by atoms with E-state index in [-0.39, 0.29) is 35.7 Å². The number of benzene rings is 3. The molecule has 2 heterocycles.